The predicted molar refractivity (Wildman–Crippen MR) is 103 cm³/mol. The molecule has 1 atom stereocenters. The first-order valence-corrected chi connectivity index (χ1v) is 10.4. The third kappa shape index (κ3) is 3.84. The first-order chi connectivity index (χ1) is 13.7. The van der Waals surface area contributed by atoms with E-state index in [1.54, 1.807) is 0 Å². The Bertz CT molecular complexity index is 824. The summed E-state index contributed by atoms with van der Waals surface area (Å²) in [5.41, 5.74) is 0.923. The van der Waals surface area contributed by atoms with Crippen LogP contribution in [0.3, 0.4) is 0 Å². The molecule has 1 saturated heterocycles. The Morgan fingerprint density at radius 2 is 1.89 bits per heavy atom. The molecule has 7 heteroatoms. The van der Waals surface area contributed by atoms with Crippen molar-refractivity contribution in [1.29, 1.82) is 0 Å². The van der Waals surface area contributed by atoms with Crippen LogP contribution in [-0.2, 0) is 0 Å². The van der Waals surface area contributed by atoms with Crippen LogP contribution in [0.15, 0.2) is 28.8 Å². The van der Waals surface area contributed by atoms with Crippen molar-refractivity contribution in [3.63, 3.8) is 0 Å². The normalized spacial score (nSPS) is 22.6. The average Bonchev–Trinajstić information content (AvgIpc) is 3.12. The monoisotopic (exact) mass is 382 g/mol. The minimum absolute atomic E-state index is 0.0341. The number of urea groups is 1. The number of amides is 2. The summed E-state index contributed by atoms with van der Waals surface area (Å²) in [4.78, 5) is 18.7. The standard InChI is InChI=1S/C21H26N4O3/c26-21(22-16-3-1-2-4-16)25-12-11-18(13-25)27-17-9-7-14(8-10-17)19-23-20(28-24-19)15-5-6-15/h7-10,15-16,18H,1-6,11-13H2,(H,22,26). The van der Waals surface area contributed by atoms with Crippen molar-refractivity contribution in [1.82, 2.24) is 20.4 Å². The minimum atomic E-state index is 0.0341. The summed E-state index contributed by atoms with van der Waals surface area (Å²) < 4.78 is 11.4. The fourth-order valence-electron chi connectivity index (χ4n) is 4.07. The fraction of sp³-hybridized carbons (Fsp3) is 0.571. The summed E-state index contributed by atoms with van der Waals surface area (Å²) >= 11 is 0. The molecule has 7 nitrogen and oxygen atoms in total. The van der Waals surface area contributed by atoms with Crippen molar-refractivity contribution in [3.8, 4) is 17.1 Å². The Balaban J connectivity index is 1.14. The van der Waals surface area contributed by atoms with Gasteiger partial charge in [-0.15, -0.1) is 0 Å². The van der Waals surface area contributed by atoms with Gasteiger partial charge in [-0.3, -0.25) is 0 Å². The maximum absolute atomic E-state index is 12.4. The van der Waals surface area contributed by atoms with Gasteiger partial charge in [-0.25, -0.2) is 4.79 Å². The number of nitrogens with zero attached hydrogens (tertiary/aromatic N) is 3. The van der Waals surface area contributed by atoms with Gasteiger partial charge in [0.1, 0.15) is 11.9 Å². The van der Waals surface area contributed by atoms with Crippen LogP contribution < -0.4 is 10.1 Å². The molecule has 0 bridgehead atoms. The van der Waals surface area contributed by atoms with E-state index in [-0.39, 0.29) is 12.1 Å². The van der Waals surface area contributed by atoms with Crippen LogP contribution in [0.25, 0.3) is 11.4 Å². The molecule has 2 aliphatic carbocycles. The molecule has 148 valence electrons. The fourth-order valence-corrected chi connectivity index (χ4v) is 4.07. The summed E-state index contributed by atoms with van der Waals surface area (Å²) in [7, 11) is 0. The number of carbonyl (C=O) groups excluding carboxylic acids is 1. The lowest BCUT2D eigenvalue weighted by atomic mass is 10.2. The molecule has 1 aromatic heterocycles. The van der Waals surface area contributed by atoms with E-state index in [1.165, 1.54) is 12.8 Å². The minimum Gasteiger partial charge on any atom is -0.489 e. The van der Waals surface area contributed by atoms with Crippen LogP contribution in [0.1, 0.15) is 56.8 Å². The summed E-state index contributed by atoms with van der Waals surface area (Å²) in [6, 6.07) is 8.18. The van der Waals surface area contributed by atoms with E-state index in [2.05, 4.69) is 15.5 Å². The second kappa shape index (κ2) is 7.45. The number of hydrogen-bond acceptors (Lipinski definition) is 5. The molecule has 3 fully saturated rings. The smallest absolute Gasteiger partial charge is 0.317 e. The third-order valence-electron chi connectivity index (χ3n) is 5.90. The van der Waals surface area contributed by atoms with Gasteiger partial charge in [0.15, 0.2) is 0 Å². The highest BCUT2D eigenvalue weighted by Gasteiger charge is 2.30. The molecule has 28 heavy (non-hydrogen) atoms. The van der Waals surface area contributed by atoms with Crippen molar-refractivity contribution >= 4 is 6.03 Å². The highest BCUT2D eigenvalue weighted by molar-refractivity contribution is 5.75. The molecular formula is C21H26N4O3. The van der Waals surface area contributed by atoms with E-state index in [9.17, 15) is 4.79 Å². The maximum Gasteiger partial charge on any atom is 0.317 e. The van der Waals surface area contributed by atoms with Gasteiger partial charge in [-0.05, 0) is 49.9 Å². The Morgan fingerprint density at radius 1 is 1.11 bits per heavy atom. The average molecular weight is 382 g/mol. The SMILES string of the molecule is O=C(NC1CCCC1)N1CCC(Oc2ccc(-c3noc(C4CC4)n3)cc2)C1. The van der Waals surface area contributed by atoms with Gasteiger partial charge >= 0.3 is 6.03 Å². The number of aromatic nitrogens is 2. The van der Waals surface area contributed by atoms with Crippen LogP contribution >= 0.6 is 0 Å². The zero-order valence-corrected chi connectivity index (χ0v) is 16.0. The number of nitrogens with one attached hydrogen (secondary N) is 1. The Morgan fingerprint density at radius 3 is 2.64 bits per heavy atom. The number of carbonyl (C=O) groups is 1. The Labute approximate surface area is 164 Å². The molecule has 2 aromatic rings. The van der Waals surface area contributed by atoms with Gasteiger partial charge in [0, 0.05) is 30.5 Å². The highest BCUT2D eigenvalue weighted by Crippen LogP contribution is 2.39. The van der Waals surface area contributed by atoms with E-state index in [1.807, 2.05) is 29.2 Å². The van der Waals surface area contributed by atoms with Gasteiger partial charge in [0.05, 0.1) is 6.54 Å². The zero-order valence-electron chi connectivity index (χ0n) is 16.0. The van der Waals surface area contributed by atoms with Gasteiger partial charge in [0.25, 0.3) is 0 Å². The molecule has 0 spiro atoms. The molecule has 1 aromatic carbocycles. The first-order valence-electron chi connectivity index (χ1n) is 10.4. The number of ether oxygens (including phenoxy) is 1. The van der Waals surface area contributed by atoms with E-state index in [0.717, 1.165) is 55.9 Å². The van der Waals surface area contributed by atoms with Crippen LogP contribution in [0.2, 0.25) is 0 Å². The van der Waals surface area contributed by atoms with Gasteiger partial charge < -0.3 is 19.5 Å². The Kier molecular flexibility index (Phi) is 4.66. The summed E-state index contributed by atoms with van der Waals surface area (Å²) in [6.45, 7) is 1.38. The number of hydrogen-bond donors (Lipinski definition) is 1. The zero-order chi connectivity index (χ0) is 18.9. The van der Waals surface area contributed by atoms with Crippen LogP contribution in [0, 0.1) is 0 Å². The maximum atomic E-state index is 12.4. The lowest BCUT2D eigenvalue weighted by Crippen LogP contribution is -2.43. The van der Waals surface area contributed by atoms with Gasteiger partial charge in [-0.2, -0.15) is 4.98 Å². The third-order valence-corrected chi connectivity index (χ3v) is 5.90. The summed E-state index contributed by atoms with van der Waals surface area (Å²) in [5, 5.41) is 7.23. The van der Waals surface area contributed by atoms with Crippen LogP contribution in [0.4, 0.5) is 4.79 Å². The van der Waals surface area contributed by atoms with E-state index >= 15 is 0 Å². The van der Waals surface area contributed by atoms with Crippen molar-refractivity contribution in [2.45, 2.75) is 63.0 Å². The number of benzene rings is 1. The lowest BCUT2D eigenvalue weighted by Gasteiger charge is -2.20. The highest BCUT2D eigenvalue weighted by atomic mass is 16.5. The van der Waals surface area contributed by atoms with Crippen molar-refractivity contribution in [2.75, 3.05) is 13.1 Å². The molecule has 2 heterocycles. The molecule has 3 aliphatic rings. The van der Waals surface area contributed by atoms with Crippen LogP contribution in [-0.4, -0.2) is 46.3 Å². The van der Waals surface area contributed by atoms with Gasteiger partial charge in [0.2, 0.25) is 11.7 Å². The van der Waals surface area contributed by atoms with E-state index in [4.69, 9.17) is 9.26 Å². The molecule has 5 rings (SSSR count). The molecule has 1 N–H and O–H groups in total. The molecule has 0 radical (unpaired) electrons. The summed E-state index contributed by atoms with van der Waals surface area (Å²) in [5.74, 6) is 2.64. The summed E-state index contributed by atoms with van der Waals surface area (Å²) in [6.07, 6.45) is 7.83. The molecule has 1 aliphatic heterocycles. The lowest BCUT2D eigenvalue weighted by molar-refractivity contribution is 0.184. The van der Waals surface area contributed by atoms with Crippen molar-refractivity contribution in [2.24, 2.45) is 0 Å². The second-order valence-corrected chi connectivity index (χ2v) is 8.16. The molecule has 2 saturated carbocycles. The van der Waals surface area contributed by atoms with Crippen molar-refractivity contribution < 1.29 is 14.1 Å². The number of likely N-dealkylation sites (tertiary alicyclic amines) is 1. The predicted octanol–water partition coefficient (Wildman–Crippen LogP) is 3.72. The number of rotatable bonds is 5. The molecule has 2 amide bonds. The van der Waals surface area contributed by atoms with E-state index in [0.29, 0.717) is 24.3 Å². The molecule has 1 unspecified atom stereocenters. The quantitative estimate of drug-likeness (QED) is 0.852. The van der Waals surface area contributed by atoms with Crippen molar-refractivity contribution in [3.05, 3.63) is 30.2 Å². The second-order valence-electron chi connectivity index (χ2n) is 8.16. The first kappa shape index (κ1) is 17.5. The van der Waals surface area contributed by atoms with E-state index < -0.39 is 0 Å². The largest absolute Gasteiger partial charge is 0.489 e. The molecular weight excluding hydrogens is 356 g/mol. The topological polar surface area (TPSA) is 80.5 Å². The van der Waals surface area contributed by atoms with Gasteiger partial charge in [-0.1, -0.05) is 18.0 Å². The van der Waals surface area contributed by atoms with Crippen LogP contribution in [0.5, 0.6) is 5.75 Å². The Hall–Kier alpha value is -2.57.